The van der Waals surface area contributed by atoms with E-state index >= 15 is 0 Å². The zero-order valence-electron chi connectivity index (χ0n) is 11.3. The molecule has 0 aromatic carbocycles. The Morgan fingerprint density at radius 1 is 1.29 bits per heavy atom. The molecule has 1 N–H and O–H groups in total. The van der Waals surface area contributed by atoms with Crippen LogP contribution in [0.5, 0.6) is 0 Å². The van der Waals surface area contributed by atoms with Crippen LogP contribution in [0.3, 0.4) is 0 Å². The summed E-state index contributed by atoms with van der Waals surface area (Å²) in [5.74, 6) is 1.14. The molecule has 2 atom stereocenters. The van der Waals surface area contributed by atoms with Crippen LogP contribution in [0, 0.1) is 23.2 Å². The van der Waals surface area contributed by atoms with Crippen molar-refractivity contribution in [3.8, 4) is 6.07 Å². The first-order valence-electron chi connectivity index (χ1n) is 6.42. The van der Waals surface area contributed by atoms with Gasteiger partial charge in [-0.25, -0.2) is 0 Å². The Morgan fingerprint density at radius 2 is 1.82 bits per heavy atom. The summed E-state index contributed by atoms with van der Waals surface area (Å²) in [7, 11) is 0. The fourth-order valence-electron chi connectivity index (χ4n) is 2.14. The highest BCUT2D eigenvalue weighted by Gasteiger charge is 2.33. The third kappa shape index (κ3) is 4.50. The van der Waals surface area contributed by atoms with Gasteiger partial charge in [-0.15, -0.1) is 4.72 Å². The molecule has 1 aliphatic carbocycles. The quantitative estimate of drug-likeness (QED) is 0.790. The van der Waals surface area contributed by atoms with E-state index in [2.05, 4.69) is 17.7 Å². The molecule has 0 aromatic rings. The van der Waals surface area contributed by atoms with Crippen LogP contribution in [-0.2, 0) is 11.4 Å². The molecule has 0 spiro atoms. The van der Waals surface area contributed by atoms with Gasteiger partial charge in [0, 0.05) is 11.4 Å². The third-order valence-electron chi connectivity index (χ3n) is 3.46. The minimum absolute atomic E-state index is 0.262. The van der Waals surface area contributed by atoms with E-state index in [4.69, 9.17) is 0 Å². The maximum absolute atomic E-state index is 12.0. The third-order valence-corrected chi connectivity index (χ3v) is 5.04. The van der Waals surface area contributed by atoms with E-state index in [-0.39, 0.29) is 10.8 Å². The molecule has 0 amide bonds. The van der Waals surface area contributed by atoms with Crippen LogP contribution in [0.25, 0.3) is 0 Å². The Hall–Kier alpha value is -0.240. The monoisotopic (exact) mass is 256 g/mol. The zero-order valence-corrected chi connectivity index (χ0v) is 12.1. The molecular formula is C13H24N2OS. The minimum Gasteiger partial charge on any atom is -0.598 e. The lowest BCUT2D eigenvalue weighted by atomic mass is 9.80. The molecule has 0 bridgehead atoms. The predicted octanol–water partition coefficient (Wildman–Crippen LogP) is 2.76. The number of nitrogens with zero attached hydrogens (tertiary/aromatic N) is 1. The molecule has 98 valence electrons. The Kier molecular flexibility index (Phi) is 5.30. The van der Waals surface area contributed by atoms with Crippen LogP contribution in [0.4, 0.5) is 0 Å². The van der Waals surface area contributed by atoms with Crippen molar-refractivity contribution >= 4 is 11.4 Å². The molecule has 4 heteroatoms. The summed E-state index contributed by atoms with van der Waals surface area (Å²) in [6, 6.07) is 2.02. The summed E-state index contributed by atoms with van der Waals surface area (Å²) in [5.41, 5.74) is 0. The van der Waals surface area contributed by atoms with Gasteiger partial charge in [0.2, 0.25) is 0 Å². The van der Waals surface area contributed by atoms with E-state index in [9.17, 15) is 9.81 Å². The van der Waals surface area contributed by atoms with Crippen LogP contribution < -0.4 is 4.72 Å². The second kappa shape index (κ2) is 6.08. The van der Waals surface area contributed by atoms with E-state index in [1.54, 1.807) is 0 Å². The lowest BCUT2D eigenvalue weighted by Gasteiger charge is -2.32. The van der Waals surface area contributed by atoms with Crippen molar-refractivity contribution in [2.45, 2.75) is 64.2 Å². The second-order valence-electron chi connectivity index (χ2n) is 6.13. The fourth-order valence-corrected chi connectivity index (χ4v) is 2.97. The molecule has 1 rings (SSSR count). The molecule has 0 aliphatic heterocycles. The Labute approximate surface area is 108 Å². The highest BCUT2D eigenvalue weighted by Crippen LogP contribution is 2.31. The van der Waals surface area contributed by atoms with Crippen LogP contribution in [-0.4, -0.2) is 15.3 Å². The smallest absolute Gasteiger partial charge is 0.142 e. The summed E-state index contributed by atoms with van der Waals surface area (Å²) < 4.78 is 14.7. The first-order valence-corrected chi connectivity index (χ1v) is 7.57. The molecule has 0 aromatic heterocycles. The molecular weight excluding hydrogens is 232 g/mol. The zero-order chi connectivity index (χ0) is 13.1. The Bertz CT molecular complexity index is 274. The minimum atomic E-state index is -1.15. The number of hydrogen-bond acceptors (Lipinski definition) is 3. The van der Waals surface area contributed by atoms with Crippen molar-refractivity contribution in [2.24, 2.45) is 11.8 Å². The van der Waals surface area contributed by atoms with E-state index in [1.807, 2.05) is 20.8 Å². The highest BCUT2D eigenvalue weighted by molar-refractivity contribution is 7.90. The first-order chi connectivity index (χ1) is 7.84. The van der Waals surface area contributed by atoms with Gasteiger partial charge in [-0.05, 0) is 45.4 Å². The molecule has 1 aliphatic rings. The van der Waals surface area contributed by atoms with Gasteiger partial charge in [0.1, 0.15) is 10.8 Å². The van der Waals surface area contributed by atoms with Gasteiger partial charge < -0.3 is 4.55 Å². The van der Waals surface area contributed by atoms with Crippen LogP contribution in [0.2, 0.25) is 0 Å². The lowest BCUT2D eigenvalue weighted by molar-refractivity contribution is 0.267. The van der Waals surface area contributed by atoms with Gasteiger partial charge in [-0.3, -0.25) is 0 Å². The first kappa shape index (κ1) is 14.8. The van der Waals surface area contributed by atoms with Crippen LogP contribution >= 0.6 is 0 Å². The largest absolute Gasteiger partial charge is 0.598 e. The molecule has 0 saturated heterocycles. The summed E-state index contributed by atoms with van der Waals surface area (Å²) in [6.45, 7) is 8.03. The topological polar surface area (TPSA) is 58.9 Å². The average molecular weight is 256 g/mol. The number of rotatable bonds is 3. The summed E-state index contributed by atoms with van der Waals surface area (Å²) in [6.07, 6.45) is 4.53. The van der Waals surface area contributed by atoms with Crippen molar-refractivity contribution in [3.63, 3.8) is 0 Å². The number of nitrogens with one attached hydrogen (secondary N) is 1. The summed E-state index contributed by atoms with van der Waals surface area (Å²) >= 11 is -1.15. The van der Waals surface area contributed by atoms with Gasteiger partial charge in [0.25, 0.3) is 0 Å². The van der Waals surface area contributed by atoms with Gasteiger partial charge in [-0.1, -0.05) is 19.8 Å². The molecule has 1 saturated carbocycles. The average Bonchev–Trinajstić information content (AvgIpc) is 2.25. The molecule has 1 fully saturated rings. The Balaban J connectivity index is 2.52. The lowest BCUT2D eigenvalue weighted by Crippen LogP contribution is -2.47. The second-order valence-corrected chi connectivity index (χ2v) is 8.12. The van der Waals surface area contributed by atoms with E-state index in [0.717, 1.165) is 18.8 Å². The molecule has 0 radical (unpaired) electrons. The van der Waals surface area contributed by atoms with E-state index < -0.39 is 11.4 Å². The maximum Gasteiger partial charge on any atom is 0.142 e. The van der Waals surface area contributed by atoms with Crippen molar-refractivity contribution < 1.29 is 4.55 Å². The van der Waals surface area contributed by atoms with Crippen molar-refractivity contribution in [2.75, 3.05) is 0 Å². The van der Waals surface area contributed by atoms with Crippen molar-refractivity contribution in [1.82, 2.24) is 4.72 Å². The van der Waals surface area contributed by atoms with E-state index in [1.165, 1.54) is 12.8 Å². The van der Waals surface area contributed by atoms with E-state index in [0.29, 0.717) is 5.92 Å². The van der Waals surface area contributed by atoms with Gasteiger partial charge in [-0.2, -0.15) is 5.26 Å². The highest BCUT2D eigenvalue weighted by atomic mass is 32.2. The number of hydrogen-bond donors (Lipinski definition) is 1. The van der Waals surface area contributed by atoms with Crippen molar-refractivity contribution in [3.05, 3.63) is 0 Å². The SMILES string of the molecule is CC1CCC([C@@H](C#N)N[S+]([O-])C(C)(C)C)CC1. The molecule has 1 unspecified atom stereocenters. The molecule has 0 heterocycles. The van der Waals surface area contributed by atoms with Gasteiger partial charge in [0.05, 0.1) is 6.07 Å². The summed E-state index contributed by atoms with van der Waals surface area (Å²) in [5, 5.41) is 9.21. The van der Waals surface area contributed by atoms with Gasteiger partial charge in [0.15, 0.2) is 0 Å². The molecule has 3 nitrogen and oxygen atoms in total. The van der Waals surface area contributed by atoms with Crippen molar-refractivity contribution in [1.29, 1.82) is 5.26 Å². The fraction of sp³-hybridized carbons (Fsp3) is 0.923. The van der Waals surface area contributed by atoms with Crippen LogP contribution in [0.1, 0.15) is 53.4 Å². The van der Waals surface area contributed by atoms with Crippen LogP contribution in [0.15, 0.2) is 0 Å². The normalized spacial score (nSPS) is 29.4. The standard InChI is InChI=1S/C13H24N2OS/c1-10-5-7-11(8-6-10)12(9-14)15-17(16)13(2,3)4/h10-12,15H,5-8H2,1-4H3/t10?,11?,12-,17?/m1/s1. The summed E-state index contributed by atoms with van der Waals surface area (Å²) in [4.78, 5) is 0. The maximum atomic E-state index is 12.0. The Morgan fingerprint density at radius 3 is 2.24 bits per heavy atom. The molecule has 17 heavy (non-hydrogen) atoms. The van der Waals surface area contributed by atoms with Gasteiger partial charge >= 0.3 is 0 Å². The number of nitriles is 1. The predicted molar refractivity (Wildman–Crippen MR) is 71.6 cm³/mol.